The molecular weight excluding hydrogens is 308 g/mol. The maximum absolute atomic E-state index is 12.0. The summed E-state index contributed by atoms with van der Waals surface area (Å²) in [5.74, 6) is -0.323. The van der Waals surface area contributed by atoms with Gasteiger partial charge in [-0.15, -0.1) is 0 Å². The van der Waals surface area contributed by atoms with E-state index in [1.54, 1.807) is 36.4 Å². The summed E-state index contributed by atoms with van der Waals surface area (Å²) in [5, 5.41) is 12.4. The van der Waals surface area contributed by atoms with Crippen LogP contribution in [0.25, 0.3) is 0 Å². The van der Waals surface area contributed by atoms with Gasteiger partial charge in [0, 0.05) is 11.3 Å². The summed E-state index contributed by atoms with van der Waals surface area (Å²) in [7, 11) is 0. The smallest absolute Gasteiger partial charge is 0.255 e. The maximum atomic E-state index is 12.0. The fourth-order valence-electron chi connectivity index (χ4n) is 1.59. The molecule has 0 aromatic heterocycles. The lowest BCUT2D eigenvalue weighted by Crippen LogP contribution is -2.12. The van der Waals surface area contributed by atoms with Gasteiger partial charge in [-0.25, -0.2) is 0 Å². The van der Waals surface area contributed by atoms with Gasteiger partial charge in [0.15, 0.2) is 5.75 Å². The lowest BCUT2D eigenvalue weighted by Gasteiger charge is -2.09. The maximum Gasteiger partial charge on any atom is 0.255 e. The summed E-state index contributed by atoms with van der Waals surface area (Å²) >= 11 is 3.19. The molecule has 19 heavy (non-hydrogen) atoms. The molecule has 0 aliphatic rings. The average molecular weight is 321 g/mol. The SMILES string of the molecule is Cc1ccc(C(=O)Nc2cccc(Br)c2O)cc1N. The number of nitrogens with one attached hydrogen (secondary N) is 1. The summed E-state index contributed by atoms with van der Waals surface area (Å²) in [4.78, 5) is 12.0. The number of halogens is 1. The third-order valence-corrected chi connectivity index (χ3v) is 3.42. The molecule has 0 fully saturated rings. The molecule has 0 saturated carbocycles. The van der Waals surface area contributed by atoms with Crippen LogP contribution in [-0.2, 0) is 0 Å². The van der Waals surface area contributed by atoms with E-state index in [1.807, 2.05) is 6.92 Å². The third-order valence-electron chi connectivity index (χ3n) is 2.78. The highest BCUT2D eigenvalue weighted by Crippen LogP contribution is 2.31. The number of carbonyl (C=O) groups is 1. The highest BCUT2D eigenvalue weighted by molar-refractivity contribution is 9.10. The highest BCUT2D eigenvalue weighted by Gasteiger charge is 2.11. The zero-order valence-corrected chi connectivity index (χ0v) is 11.9. The van der Waals surface area contributed by atoms with E-state index in [2.05, 4.69) is 21.2 Å². The molecule has 0 spiro atoms. The van der Waals surface area contributed by atoms with Crippen LogP contribution in [0.4, 0.5) is 11.4 Å². The van der Waals surface area contributed by atoms with Crippen molar-refractivity contribution in [3.63, 3.8) is 0 Å². The predicted molar refractivity (Wildman–Crippen MR) is 79.4 cm³/mol. The average Bonchev–Trinajstić information content (AvgIpc) is 2.38. The Kier molecular flexibility index (Phi) is 3.76. The van der Waals surface area contributed by atoms with Crippen molar-refractivity contribution < 1.29 is 9.90 Å². The van der Waals surface area contributed by atoms with Crippen LogP contribution in [0.2, 0.25) is 0 Å². The van der Waals surface area contributed by atoms with Crippen molar-refractivity contribution in [2.24, 2.45) is 0 Å². The molecule has 0 heterocycles. The number of carbonyl (C=O) groups excluding carboxylic acids is 1. The van der Waals surface area contributed by atoms with Crippen LogP contribution in [-0.4, -0.2) is 11.0 Å². The molecule has 2 rings (SSSR count). The number of para-hydroxylation sites is 1. The van der Waals surface area contributed by atoms with Gasteiger partial charge < -0.3 is 16.2 Å². The second-order valence-electron chi connectivity index (χ2n) is 4.16. The zero-order chi connectivity index (χ0) is 14.0. The summed E-state index contributed by atoms with van der Waals surface area (Å²) in [6, 6.07) is 10.1. The van der Waals surface area contributed by atoms with Crippen LogP contribution < -0.4 is 11.1 Å². The van der Waals surface area contributed by atoms with E-state index in [4.69, 9.17) is 5.73 Å². The number of amides is 1. The van der Waals surface area contributed by atoms with Crippen molar-refractivity contribution in [2.75, 3.05) is 11.1 Å². The Morgan fingerprint density at radius 2 is 2.05 bits per heavy atom. The van der Waals surface area contributed by atoms with Gasteiger partial charge in [0.25, 0.3) is 5.91 Å². The largest absolute Gasteiger partial charge is 0.505 e. The number of phenols is 1. The van der Waals surface area contributed by atoms with E-state index >= 15 is 0 Å². The van der Waals surface area contributed by atoms with Gasteiger partial charge in [-0.05, 0) is 52.7 Å². The minimum atomic E-state index is -0.319. The number of nitrogens with two attached hydrogens (primary N) is 1. The van der Waals surface area contributed by atoms with E-state index < -0.39 is 0 Å². The number of aryl methyl sites for hydroxylation is 1. The Morgan fingerprint density at radius 1 is 1.32 bits per heavy atom. The molecule has 0 unspecified atom stereocenters. The monoisotopic (exact) mass is 320 g/mol. The Labute approximate surface area is 119 Å². The van der Waals surface area contributed by atoms with Crippen LogP contribution in [0.1, 0.15) is 15.9 Å². The Hall–Kier alpha value is -2.01. The molecule has 0 radical (unpaired) electrons. The second-order valence-corrected chi connectivity index (χ2v) is 5.02. The molecule has 0 atom stereocenters. The summed E-state index contributed by atoms with van der Waals surface area (Å²) in [6.45, 7) is 1.87. The molecule has 0 saturated heterocycles. The standard InChI is InChI=1S/C14H13BrN2O2/c1-8-5-6-9(7-11(8)16)14(19)17-12-4-2-3-10(15)13(12)18/h2-7,18H,16H2,1H3,(H,17,19). The first-order valence-electron chi connectivity index (χ1n) is 5.64. The molecule has 4 nitrogen and oxygen atoms in total. The van der Waals surface area contributed by atoms with Gasteiger partial charge in [0.1, 0.15) is 0 Å². The van der Waals surface area contributed by atoms with Gasteiger partial charge in [-0.3, -0.25) is 4.79 Å². The molecule has 0 aliphatic heterocycles. The summed E-state index contributed by atoms with van der Waals surface area (Å²) in [5.41, 5.74) is 8.04. The van der Waals surface area contributed by atoms with Gasteiger partial charge in [-0.2, -0.15) is 0 Å². The van der Waals surface area contributed by atoms with Gasteiger partial charge in [-0.1, -0.05) is 12.1 Å². The molecule has 4 N–H and O–H groups in total. The number of anilines is 2. The van der Waals surface area contributed by atoms with Crippen molar-refractivity contribution in [3.05, 3.63) is 52.0 Å². The van der Waals surface area contributed by atoms with E-state index in [-0.39, 0.29) is 11.7 Å². The number of rotatable bonds is 2. The molecule has 98 valence electrons. The fraction of sp³-hybridized carbons (Fsp3) is 0.0714. The van der Waals surface area contributed by atoms with Crippen LogP contribution in [0, 0.1) is 6.92 Å². The van der Waals surface area contributed by atoms with Crippen molar-refractivity contribution in [1.29, 1.82) is 0 Å². The Morgan fingerprint density at radius 3 is 2.74 bits per heavy atom. The molecule has 0 aliphatic carbocycles. The van der Waals surface area contributed by atoms with E-state index in [1.165, 1.54) is 0 Å². The minimum absolute atomic E-state index is 0.00377. The first kappa shape index (κ1) is 13.4. The van der Waals surface area contributed by atoms with Gasteiger partial charge >= 0.3 is 0 Å². The number of aromatic hydroxyl groups is 1. The third kappa shape index (κ3) is 2.88. The number of phenolic OH excluding ortho intramolecular Hbond substituents is 1. The molecule has 5 heteroatoms. The lowest BCUT2D eigenvalue weighted by atomic mass is 10.1. The summed E-state index contributed by atoms with van der Waals surface area (Å²) in [6.07, 6.45) is 0. The number of hydrogen-bond acceptors (Lipinski definition) is 3. The van der Waals surface area contributed by atoms with Crippen LogP contribution in [0.3, 0.4) is 0 Å². The zero-order valence-electron chi connectivity index (χ0n) is 10.3. The lowest BCUT2D eigenvalue weighted by molar-refractivity contribution is 0.102. The molecule has 2 aromatic carbocycles. The number of benzene rings is 2. The van der Waals surface area contributed by atoms with Crippen molar-refractivity contribution in [3.8, 4) is 5.75 Å². The molecule has 0 bridgehead atoms. The van der Waals surface area contributed by atoms with Crippen LogP contribution >= 0.6 is 15.9 Å². The quantitative estimate of drug-likeness (QED) is 0.587. The predicted octanol–water partition coefficient (Wildman–Crippen LogP) is 3.30. The van der Waals surface area contributed by atoms with Gasteiger partial charge in [0.2, 0.25) is 0 Å². The van der Waals surface area contributed by atoms with Crippen LogP contribution in [0.15, 0.2) is 40.9 Å². The Bertz CT molecular complexity index is 641. The molecular formula is C14H13BrN2O2. The first-order chi connectivity index (χ1) is 8.99. The second kappa shape index (κ2) is 5.32. The number of hydrogen-bond donors (Lipinski definition) is 3. The fourth-order valence-corrected chi connectivity index (χ4v) is 1.96. The van der Waals surface area contributed by atoms with E-state index in [0.29, 0.717) is 21.4 Å². The van der Waals surface area contributed by atoms with E-state index in [0.717, 1.165) is 5.56 Å². The first-order valence-corrected chi connectivity index (χ1v) is 6.43. The summed E-state index contributed by atoms with van der Waals surface area (Å²) < 4.78 is 0.522. The van der Waals surface area contributed by atoms with Gasteiger partial charge in [0.05, 0.1) is 10.2 Å². The van der Waals surface area contributed by atoms with Crippen molar-refractivity contribution >= 4 is 33.2 Å². The van der Waals surface area contributed by atoms with Crippen molar-refractivity contribution in [1.82, 2.24) is 0 Å². The normalized spacial score (nSPS) is 10.2. The minimum Gasteiger partial charge on any atom is -0.505 e. The van der Waals surface area contributed by atoms with E-state index in [9.17, 15) is 9.90 Å². The number of nitrogen functional groups attached to an aromatic ring is 1. The Balaban J connectivity index is 2.26. The topological polar surface area (TPSA) is 75.3 Å². The highest BCUT2D eigenvalue weighted by atomic mass is 79.9. The van der Waals surface area contributed by atoms with Crippen LogP contribution in [0.5, 0.6) is 5.75 Å². The molecule has 1 amide bonds. The molecule has 2 aromatic rings. The van der Waals surface area contributed by atoms with Crippen molar-refractivity contribution in [2.45, 2.75) is 6.92 Å².